The number of benzene rings is 1. The molecular weight excluding hydrogens is 250 g/mol. The zero-order valence-electron chi connectivity index (χ0n) is 12.1. The van der Waals surface area contributed by atoms with Crippen LogP contribution in [0.15, 0.2) is 18.2 Å². The summed E-state index contributed by atoms with van der Waals surface area (Å²) in [5, 5.41) is 0. The molecule has 0 atom stereocenters. The average molecular weight is 273 g/mol. The lowest BCUT2D eigenvalue weighted by molar-refractivity contribution is 0.144. The Labute approximate surface area is 119 Å². The van der Waals surface area contributed by atoms with E-state index in [0.29, 0.717) is 12.6 Å². The minimum atomic E-state index is 0.575. The molecular formula is C16H23N3O. The van der Waals surface area contributed by atoms with Gasteiger partial charge in [-0.05, 0) is 43.9 Å². The Balaban J connectivity index is 1.87. The number of aromatic nitrogens is 2. The predicted molar refractivity (Wildman–Crippen MR) is 80.7 cm³/mol. The number of imidazole rings is 1. The van der Waals surface area contributed by atoms with E-state index in [4.69, 9.17) is 15.5 Å². The van der Waals surface area contributed by atoms with Crippen LogP contribution in [0.5, 0.6) is 0 Å². The monoisotopic (exact) mass is 273 g/mol. The highest BCUT2D eigenvalue weighted by molar-refractivity contribution is 5.77. The van der Waals surface area contributed by atoms with Crippen LogP contribution in [-0.2, 0) is 17.7 Å². The van der Waals surface area contributed by atoms with Crippen LogP contribution in [0.3, 0.4) is 0 Å². The van der Waals surface area contributed by atoms with Crippen LogP contribution in [-0.4, -0.2) is 22.8 Å². The van der Waals surface area contributed by atoms with Gasteiger partial charge in [-0.1, -0.05) is 6.07 Å². The van der Waals surface area contributed by atoms with Crippen molar-refractivity contribution < 1.29 is 4.74 Å². The number of hydrogen-bond acceptors (Lipinski definition) is 3. The van der Waals surface area contributed by atoms with E-state index in [1.54, 1.807) is 0 Å². The SMILES string of the molecule is CCOCCCc1nc2cc(CN)ccc2n1C1CC1. The summed E-state index contributed by atoms with van der Waals surface area (Å²) in [4.78, 5) is 4.83. The number of fused-ring (bicyclic) bond motifs is 1. The Bertz CT molecular complexity index is 587. The van der Waals surface area contributed by atoms with Gasteiger partial charge in [-0.2, -0.15) is 0 Å². The summed E-state index contributed by atoms with van der Waals surface area (Å²) in [5.74, 6) is 1.20. The summed E-state index contributed by atoms with van der Waals surface area (Å²) < 4.78 is 7.86. The maximum atomic E-state index is 5.72. The van der Waals surface area contributed by atoms with Gasteiger partial charge in [0.15, 0.2) is 0 Å². The third-order valence-electron chi connectivity index (χ3n) is 3.87. The second-order valence-electron chi connectivity index (χ2n) is 5.46. The third-order valence-corrected chi connectivity index (χ3v) is 3.87. The van der Waals surface area contributed by atoms with Crippen LogP contribution in [0.1, 0.15) is 43.6 Å². The Kier molecular flexibility index (Phi) is 4.03. The van der Waals surface area contributed by atoms with Gasteiger partial charge >= 0.3 is 0 Å². The molecule has 0 spiro atoms. The van der Waals surface area contributed by atoms with Gasteiger partial charge in [0.1, 0.15) is 5.82 Å². The quantitative estimate of drug-likeness (QED) is 0.789. The van der Waals surface area contributed by atoms with Crippen molar-refractivity contribution in [2.75, 3.05) is 13.2 Å². The standard InChI is InChI=1S/C16H23N3O/c1-2-20-9-3-4-16-18-14-10-12(11-17)5-8-15(14)19(16)13-6-7-13/h5,8,10,13H,2-4,6-7,9,11,17H2,1H3. The van der Waals surface area contributed by atoms with Crippen molar-refractivity contribution in [3.63, 3.8) is 0 Å². The van der Waals surface area contributed by atoms with Gasteiger partial charge in [0.2, 0.25) is 0 Å². The maximum absolute atomic E-state index is 5.72. The molecule has 0 saturated heterocycles. The lowest BCUT2D eigenvalue weighted by Gasteiger charge is -2.07. The molecule has 2 aromatic rings. The molecule has 4 nitrogen and oxygen atoms in total. The predicted octanol–water partition coefficient (Wildman–Crippen LogP) is 2.80. The lowest BCUT2D eigenvalue weighted by Crippen LogP contribution is -2.04. The van der Waals surface area contributed by atoms with Crippen LogP contribution in [0.4, 0.5) is 0 Å². The highest BCUT2D eigenvalue weighted by Crippen LogP contribution is 2.39. The summed E-state index contributed by atoms with van der Waals surface area (Å²) in [7, 11) is 0. The van der Waals surface area contributed by atoms with E-state index in [1.165, 1.54) is 24.2 Å². The van der Waals surface area contributed by atoms with Crippen LogP contribution < -0.4 is 5.73 Å². The molecule has 0 bridgehead atoms. The molecule has 1 aliphatic rings. The first kappa shape index (κ1) is 13.6. The summed E-state index contributed by atoms with van der Waals surface area (Å²) in [6, 6.07) is 7.08. The van der Waals surface area contributed by atoms with Crippen molar-refractivity contribution in [3.05, 3.63) is 29.6 Å². The van der Waals surface area contributed by atoms with E-state index in [2.05, 4.69) is 22.8 Å². The molecule has 0 unspecified atom stereocenters. The van der Waals surface area contributed by atoms with E-state index in [9.17, 15) is 0 Å². The number of ether oxygens (including phenoxy) is 1. The Morgan fingerprint density at radius 2 is 2.25 bits per heavy atom. The molecule has 108 valence electrons. The average Bonchev–Trinajstić information content (AvgIpc) is 3.24. The minimum Gasteiger partial charge on any atom is -0.382 e. The molecule has 0 aliphatic heterocycles. The topological polar surface area (TPSA) is 53.1 Å². The molecule has 2 N–H and O–H groups in total. The van der Waals surface area contributed by atoms with Crippen molar-refractivity contribution in [3.8, 4) is 0 Å². The zero-order chi connectivity index (χ0) is 13.9. The van der Waals surface area contributed by atoms with Gasteiger partial charge in [-0.15, -0.1) is 0 Å². The molecule has 0 amide bonds. The van der Waals surface area contributed by atoms with Crippen molar-refractivity contribution in [1.29, 1.82) is 0 Å². The molecule has 1 heterocycles. The molecule has 1 aromatic carbocycles. The summed E-state index contributed by atoms with van der Waals surface area (Å²) in [6.07, 6.45) is 4.59. The molecule has 1 aromatic heterocycles. The molecule has 3 rings (SSSR count). The van der Waals surface area contributed by atoms with E-state index >= 15 is 0 Å². The van der Waals surface area contributed by atoms with Gasteiger partial charge in [0.05, 0.1) is 11.0 Å². The molecule has 0 radical (unpaired) electrons. The second-order valence-corrected chi connectivity index (χ2v) is 5.46. The second kappa shape index (κ2) is 5.94. The van der Waals surface area contributed by atoms with E-state index in [1.807, 2.05) is 6.92 Å². The van der Waals surface area contributed by atoms with Gasteiger partial charge in [0.25, 0.3) is 0 Å². The number of nitrogens with zero attached hydrogens (tertiary/aromatic N) is 2. The van der Waals surface area contributed by atoms with E-state index in [-0.39, 0.29) is 0 Å². The third kappa shape index (κ3) is 2.72. The largest absolute Gasteiger partial charge is 0.382 e. The van der Waals surface area contributed by atoms with Crippen LogP contribution >= 0.6 is 0 Å². The Hall–Kier alpha value is -1.39. The fourth-order valence-corrected chi connectivity index (χ4v) is 2.71. The fourth-order valence-electron chi connectivity index (χ4n) is 2.71. The molecule has 1 fully saturated rings. The maximum Gasteiger partial charge on any atom is 0.110 e. The van der Waals surface area contributed by atoms with Crippen molar-refractivity contribution in [2.45, 2.75) is 45.2 Å². The Morgan fingerprint density at radius 1 is 1.40 bits per heavy atom. The summed E-state index contributed by atoms with van der Waals surface area (Å²) >= 11 is 0. The van der Waals surface area contributed by atoms with E-state index in [0.717, 1.165) is 37.1 Å². The zero-order valence-corrected chi connectivity index (χ0v) is 12.1. The summed E-state index contributed by atoms with van der Waals surface area (Å²) in [6.45, 7) is 4.22. The van der Waals surface area contributed by atoms with Gasteiger partial charge in [-0.25, -0.2) is 4.98 Å². The van der Waals surface area contributed by atoms with E-state index < -0.39 is 0 Å². The molecule has 4 heteroatoms. The highest BCUT2D eigenvalue weighted by Gasteiger charge is 2.27. The number of rotatable bonds is 7. The van der Waals surface area contributed by atoms with Gasteiger partial charge in [0, 0.05) is 32.2 Å². The summed E-state index contributed by atoms with van der Waals surface area (Å²) in [5.41, 5.74) is 9.22. The number of nitrogens with two attached hydrogens (primary N) is 1. The first-order chi connectivity index (χ1) is 9.83. The van der Waals surface area contributed by atoms with Gasteiger partial charge < -0.3 is 15.0 Å². The normalized spacial score (nSPS) is 15.1. The molecule has 1 saturated carbocycles. The van der Waals surface area contributed by atoms with Crippen molar-refractivity contribution in [1.82, 2.24) is 9.55 Å². The smallest absolute Gasteiger partial charge is 0.110 e. The highest BCUT2D eigenvalue weighted by atomic mass is 16.5. The number of aryl methyl sites for hydroxylation is 1. The minimum absolute atomic E-state index is 0.575. The van der Waals surface area contributed by atoms with Crippen LogP contribution in [0, 0.1) is 0 Å². The molecule has 20 heavy (non-hydrogen) atoms. The van der Waals surface area contributed by atoms with Gasteiger partial charge in [-0.3, -0.25) is 0 Å². The van der Waals surface area contributed by atoms with Crippen LogP contribution in [0.25, 0.3) is 11.0 Å². The van der Waals surface area contributed by atoms with Crippen molar-refractivity contribution in [2.24, 2.45) is 5.73 Å². The Morgan fingerprint density at radius 3 is 2.95 bits per heavy atom. The first-order valence-electron chi connectivity index (χ1n) is 7.61. The van der Waals surface area contributed by atoms with Crippen molar-refractivity contribution >= 4 is 11.0 Å². The number of hydrogen-bond donors (Lipinski definition) is 1. The van der Waals surface area contributed by atoms with Crippen LogP contribution in [0.2, 0.25) is 0 Å². The first-order valence-corrected chi connectivity index (χ1v) is 7.61. The fraction of sp³-hybridized carbons (Fsp3) is 0.562. The lowest BCUT2D eigenvalue weighted by atomic mass is 10.2. The molecule has 1 aliphatic carbocycles.